The van der Waals surface area contributed by atoms with Gasteiger partial charge in [0.15, 0.2) is 0 Å². The van der Waals surface area contributed by atoms with Gasteiger partial charge in [-0.1, -0.05) is 11.6 Å². The van der Waals surface area contributed by atoms with Crippen molar-refractivity contribution in [2.24, 2.45) is 0 Å². The topological polar surface area (TPSA) is 56.3 Å². The molecule has 0 atom stereocenters. The molecule has 0 aliphatic carbocycles. The molecule has 100 valence electrons. The van der Waals surface area contributed by atoms with E-state index in [2.05, 4.69) is 20.9 Å². The lowest BCUT2D eigenvalue weighted by atomic mass is 10.3. The highest BCUT2D eigenvalue weighted by atomic mass is 79.9. The van der Waals surface area contributed by atoms with Crippen LogP contribution >= 0.6 is 38.2 Å². The monoisotopic (exact) mass is 381 g/mol. The van der Waals surface area contributed by atoms with Crippen molar-refractivity contribution in [3.8, 4) is 11.5 Å². The summed E-state index contributed by atoms with van der Waals surface area (Å²) in [4.78, 5) is 3.86. The van der Waals surface area contributed by atoms with Gasteiger partial charge in [-0.15, -0.1) is 0 Å². The highest BCUT2D eigenvalue weighted by molar-refractivity contribution is 9.10. The van der Waals surface area contributed by atoms with E-state index in [1.807, 2.05) is 0 Å². The lowest BCUT2D eigenvalue weighted by Gasteiger charge is -2.08. The molecule has 0 saturated heterocycles. The number of pyridine rings is 1. The number of nitrogens with zero attached hydrogens (tertiary/aromatic N) is 1. The smallest absolute Gasteiger partial charge is 0.261 e. The Labute approximate surface area is 127 Å². The lowest BCUT2D eigenvalue weighted by Crippen LogP contribution is -1.92. The summed E-state index contributed by atoms with van der Waals surface area (Å²) in [6.45, 7) is 0. The molecule has 2 aromatic rings. The molecule has 1 aromatic heterocycles. The molecule has 0 unspecified atom stereocenters. The molecule has 0 radical (unpaired) electrons. The van der Waals surface area contributed by atoms with Crippen LogP contribution in [0.3, 0.4) is 0 Å². The van der Waals surface area contributed by atoms with Gasteiger partial charge in [0.25, 0.3) is 9.05 Å². The maximum atomic E-state index is 11.2. The Hall–Kier alpha value is -0.820. The van der Waals surface area contributed by atoms with Gasteiger partial charge >= 0.3 is 0 Å². The second-order valence-electron chi connectivity index (χ2n) is 3.47. The average molecular weight is 383 g/mol. The minimum Gasteiger partial charge on any atom is -0.455 e. The standard InChI is InChI=1S/C11H6BrCl2NO3S/c12-10-4-9(19(14,16)17)1-2-11(10)18-8-3-7(13)5-15-6-8/h1-6H. The van der Waals surface area contributed by atoms with E-state index in [0.717, 1.165) is 0 Å². The second kappa shape index (κ2) is 5.66. The fourth-order valence-electron chi connectivity index (χ4n) is 1.29. The largest absolute Gasteiger partial charge is 0.455 e. The zero-order chi connectivity index (χ0) is 14.0. The van der Waals surface area contributed by atoms with Crippen LogP contribution in [0.2, 0.25) is 5.02 Å². The van der Waals surface area contributed by atoms with Crippen molar-refractivity contribution in [1.82, 2.24) is 4.98 Å². The summed E-state index contributed by atoms with van der Waals surface area (Å²) in [5.74, 6) is 0.864. The van der Waals surface area contributed by atoms with Gasteiger partial charge < -0.3 is 4.74 Å². The molecule has 19 heavy (non-hydrogen) atoms. The SMILES string of the molecule is O=S(=O)(Cl)c1ccc(Oc2cncc(Cl)c2)c(Br)c1. The van der Waals surface area contributed by atoms with Gasteiger partial charge in [-0.25, -0.2) is 8.42 Å². The summed E-state index contributed by atoms with van der Waals surface area (Å²) in [6, 6.07) is 5.78. The summed E-state index contributed by atoms with van der Waals surface area (Å²) in [5.41, 5.74) is 0. The van der Waals surface area contributed by atoms with Crippen LogP contribution in [0.5, 0.6) is 11.5 Å². The molecule has 8 heteroatoms. The van der Waals surface area contributed by atoms with Crippen LogP contribution in [0.15, 0.2) is 46.0 Å². The van der Waals surface area contributed by atoms with E-state index in [1.54, 1.807) is 6.07 Å². The predicted octanol–water partition coefficient (Wildman–Crippen LogP) is 4.22. The number of hydrogen-bond donors (Lipinski definition) is 0. The molecule has 0 aliphatic rings. The molecule has 0 aliphatic heterocycles. The van der Waals surface area contributed by atoms with Crippen LogP contribution in [0.25, 0.3) is 0 Å². The van der Waals surface area contributed by atoms with E-state index in [4.69, 9.17) is 27.0 Å². The van der Waals surface area contributed by atoms with E-state index < -0.39 is 9.05 Å². The lowest BCUT2D eigenvalue weighted by molar-refractivity contribution is 0.477. The van der Waals surface area contributed by atoms with Crippen LogP contribution in [0.4, 0.5) is 0 Å². The Balaban J connectivity index is 2.32. The van der Waals surface area contributed by atoms with Crippen molar-refractivity contribution < 1.29 is 13.2 Å². The molecule has 0 spiro atoms. The first-order chi connectivity index (χ1) is 8.86. The highest BCUT2D eigenvalue weighted by Crippen LogP contribution is 2.32. The van der Waals surface area contributed by atoms with Crippen molar-refractivity contribution in [2.75, 3.05) is 0 Å². The van der Waals surface area contributed by atoms with Gasteiger partial charge in [0.1, 0.15) is 11.5 Å². The molecule has 2 rings (SSSR count). The normalized spacial score (nSPS) is 11.3. The van der Waals surface area contributed by atoms with Crippen molar-refractivity contribution in [3.05, 3.63) is 46.2 Å². The second-order valence-corrected chi connectivity index (χ2v) is 7.33. The van der Waals surface area contributed by atoms with E-state index in [9.17, 15) is 8.42 Å². The molecule has 4 nitrogen and oxygen atoms in total. The summed E-state index contributed by atoms with van der Waals surface area (Å²) in [7, 11) is 1.48. The van der Waals surface area contributed by atoms with Gasteiger partial charge in [-0.3, -0.25) is 4.98 Å². The fraction of sp³-hybridized carbons (Fsp3) is 0. The maximum absolute atomic E-state index is 11.2. The zero-order valence-corrected chi connectivity index (χ0v) is 13.1. The van der Waals surface area contributed by atoms with Crippen LogP contribution in [0, 0.1) is 0 Å². The number of rotatable bonds is 3. The van der Waals surface area contributed by atoms with Gasteiger partial charge in [0.05, 0.1) is 20.6 Å². The molecular weight excluding hydrogens is 377 g/mol. The summed E-state index contributed by atoms with van der Waals surface area (Å²) in [6.07, 6.45) is 2.97. The van der Waals surface area contributed by atoms with E-state index in [-0.39, 0.29) is 4.90 Å². The Morgan fingerprint density at radius 1 is 1.21 bits per heavy atom. The van der Waals surface area contributed by atoms with Gasteiger partial charge in [0, 0.05) is 22.9 Å². The predicted molar refractivity (Wildman–Crippen MR) is 76.5 cm³/mol. The van der Waals surface area contributed by atoms with E-state index in [0.29, 0.717) is 21.0 Å². The third-order valence-electron chi connectivity index (χ3n) is 2.09. The summed E-state index contributed by atoms with van der Waals surface area (Å²) >= 11 is 9.00. The van der Waals surface area contributed by atoms with Crippen LogP contribution in [0.1, 0.15) is 0 Å². The van der Waals surface area contributed by atoms with Gasteiger partial charge in [-0.2, -0.15) is 0 Å². The first-order valence-electron chi connectivity index (χ1n) is 4.89. The first-order valence-corrected chi connectivity index (χ1v) is 8.37. The first kappa shape index (κ1) is 14.6. The van der Waals surface area contributed by atoms with Gasteiger partial charge in [0.2, 0.25) is 0 Å². The van der Waals surface area contributed by atoms with E-state index >= 15 is 0 Å². The number of hydrogen-bond acceptors (Lipinski definition) is 4. The number of halogens is 3. The molecule has 0 bridgehead atoms. The zero-order valence-electron chi connectivity index (χ0n) is 9.18. The maximum Gasteiger partial charge on any atom is 0.261 e. The fourth-order valence-corrected chi connectivity index (χ4v) is 2.84. The summed E-state index contributed by atoms with van der Waals surface area (Å²) < 4.78 is 28.3. The minimum atomic E-state index is -3.77. The highest BCUT2D eigenvalue weighted by Gasteiger charge is 2.13. The summed E-state index contributed by atoms with van der Waals surface area (Å²) in [5, 5.41) is 0.438. The van der Waals surface area contributed by atoms with Crippen LogP contribution in [-0.2, 0) is 9.05 Å². The Bertz CT molecular complexity index is 722. The van der Waals surface area contributed by atoms with Crippen molar-refractivity contribution >= 4 is 47.3 Å². The molecule has 0 amide bonds. The molecular formula is C11H6BrCl2NO3S. The quantitative estimate of drug-likeness (QED) is 0.745. The molecule has 1 heterocycles. The third-order valence-corrected chi connectivity index (χ3v) is 4.27. The Kier molecular flexibility index (Phi) is 4.35. The van der Waals surface area contributed by atoms with Crippen molar-refractivity contribution in [2.45, 2.75) is 4.90 Å². The third kappa shape index (κ3) is 3.82. The van der Waals surface area contributed by atoms with Crippen molar-refractivity contribution in [1.29, 1.82) is 0 Å². The molecule has 1 aromatic carbocycles. The average Bonchev–Trinajstić information content (AvgIpc) is 2.30. The van der Waals surface area contributed by atoms with Gasteiger partial charge in [-0.05, 0) is 34.1 Å². The minimum absolute atomic E-state index is 0.0161. The Morgan fingerprint density at radius 2 is 1.95 bits per heavy atom. The molecule has 0 saturated carbocycles. The molecule has 0 fully saturated rings. The molecule has 0 N–H and O–H groups in total. The Morgan fingerprint density at radius 3 is 2.53 bits per heavy atom. The number of aromatic nitrogens is 1. The number of benzene rings is 1. The van der Waals surface area contributed by atoms with Crippen LogP contribution in [-0.4, -0.2) is 13.4 Å². The van der Waals surface area contributed by atoms with Crippen LogP contribution < -0.4 is 4.74 Å². The van der Waals surface area contributed by atoms with E-state index in [1.165, 1.54) is 30.6 Å². The number of ether oxygens (including phenoxy) is 1. The van der Waals surface area contributed by atoms with Crippen molar-refractivity contribution in [3.63, 3.8) is 0 Å².